The maximum absolute atomic E-state index is 8.36. The summed E-state index contributed by atoms with van der Waals surface area (Å²) < 4.78 is 0. The van der Waals surface area contributed by atoms with Crippen molar-refractivity contribution in [3.05, 3.63) is 20.2 Å². The van der Waals surface area contributed by atoms with Crippen LogP contribution in [0.1, 0.15) is 0 Å². The van der Waals surface area contributed by atoms with Gasteiger partial charge in [-0.2, -0.15) is 0 Å². The molecule has 0 aromatic heterocycles. The molecule has 0 rings (SSSR count). The van der Waals surface area contributed by atoms with Crippen LogP contribution in [0.15, 0.2) is 0 Å². The molecule has 0 atom stereocenters. The maximum Gasteiger partial charge on any atom is 2.00 e. The van der Waals surface area contributed by atoms with Gasteiger partial charge in [-0.1, -0.05) is 0 Å². The van der Waals surface area contributed by atoms with E-state index in [1.54, 1.807) is 0 Å². The minimum absolute atomic E-state index is 0. The first-order valence-corrected chi connectivity index (χ1v) is 1.13. The molecule has 50 valence electrons. The van der Waals surface area contributed by atoms with E-state index < -0.39 is 10.2 Å². The van der Waals surface area contributed by atoms with E-state index in [1.165, 1.54) is 0 Å². The Balaban J connectivity index is -0.0000000720. The third-order valence-electron chi connectivity index (χ3n) is 0. The minimum atomic E-state index is -1.50. The molecular formula is H2N2O6Pb+2. The fraction of sp³-hybridized carbons (Fsp3) is 0. The summed E-state index contributed by atoms with van der Waals surface area (Å²) in [7, 11) is 0. The monoisotopic (exact) mass is 334 g/mol. The predicted octanol–water partition coefficient (Wildman–Crippen LogP) is -1.08. The molecule has 0 heterocycles. The molecule has 0 saturated carbocycles. The van der Waals surface area contributed by atoms with E-state index in [0.29, 0.717) is 0 Å². The number of hydrogen-bond donors (Lipinski definition) is 2. The Hall–Kier alpha value is -0.678. The van der Waals surface area contributed by atoms with Crippen molar-refractivity contribution < 1.29 is 20.6 Å². The summed E-state index contributed by atoms with van der Waals surface area (Å²) in [4.78, 5) is 16.7. The molecule has 9 heteroatoms. The molecule has 8 nitrogen and oxygen atoms in total. The largest absolute Gasteiger partial charge is 2.00 e. The zero-order valence-electron chi connectivity index (χ0n) is 3.92. The average Bonchev–Trinajstić information content (AvgIpc) is 1.25. The summed E-state index contributed by atoms with van der Waals surface area (Å²) in [5.74, 6) is 0. The third-order valence-corrected chi connectivity index (χ3v) is 0. The van der Waals surface area contributed by atoms with Crippen LogP contribution in [0.3, 0.4) is 0 Å². The zero-order valence-corrected chi connectivity index (χ0v) is 7.81. The average molecular weight is 333 g/mol. The Morgan fingerprint density at radius 1 is 1.00 bits per heavy atom. The molecule has 0 aliphatic carbocycles. The number of nitrogens with zero attached hydrogens (tertiary/aromatic N) is 2. The molecule has 0 aliphatic heterocycles. The quantitative estimate of drug-likeness (QED) is 0.330. The third kappa shape index (κ3) is 451. The SMILES string of the molecule is O=[N+]([O-])O.O=[N+]([O-])O.[Pb+2]. The first-order chi connectivity index (χ1) is 3.46. The van der Waals surface area contributed by atoms with Crippen molar-refractivity contribution in [3.63, 3.8) is 0 Å². The van der Waals surface area contributed by atoms with Crippen molar-refractivity contribution in [2.24, 2.45) is 0 Å². The Morgan fingerprint density at radius 3 is 1.00 bits per heavy atom. The Kier molecular flexibility index (Phi) is 18.1. The van der Waals surface area contributed by atoms with Crippen molar-refractivity contribution in [2.75, 3.05) is 0 Å². The first-order valence-electron chi connectivity index (χ1n) is 1.13. The van der Waals surface area contributed by atoms with Gasteiger partial charge in [-0.25, -0.2) is 0 Å². The van der Waals surface area contributed by atoms with Gasteiger partial charge in [0.2, 0.25) is 0 Å². The van der Waals surface area contributed by atoms with Gasteiger partial charge in [-0.05, 0) is 0 Å². The van der Waals surface area contributed by atoms with Gasteiger partial charge in [0.1, 0.15) is 0 Å². The summed E-state index contributed by atoms with van der Waals surface area (Å²) in [5.41, 5.74) is 0. The van der Waals surface area contributed by atoms with Crippen LogP contribution in [0, 0.1) is 20.2 Å². The molecule has 0 fully saturated rings. The zero-order chi connectivity index (χ0) is 7.15. The van der Waals surface area contributed by atoms with Crippen LogP contribution in [0.2, 0.25) is 0 Å². The standard InChI is InChI=1S/2HNO3.Pb/c2*2-1(3)4;/h2*(H,2,3,4);/q;;+2. The van der Waals surface area contributed by atoms with Crippen molar-refractivity contribution in [3.8, 4) is 0 Å². The van der Waals surface area contributed by atoms with Gasteiger partial charge >= 0.3 is 27.3 Å². The van der Waals surface area contributed by atoms with E-state index in [0.717, 1.165) is 0 Å². The second-order valence-corrected chi connectivity index (χ2v) is 0.476. The van der Waals surface area contributed by atoms with Crippen LogP contribution in [0.4, 0.5) is 0 Å². The van der Waals surface area contributed by atoms with E-state index in [1.807, 2.05) is 0 Å². The molecule has 0 aromatic rings. The summed E-state index contributed by atoms with van der Waals surface area (Å²) in [5, 5.41) is 27.3. The number of rotatable bonds is 0. The van der Waals surface area contributed by atoms with E-state index in [4.69, 9.17) is 30.6 Å². The van der Waals surface area contributed by atoms with Crippen molar-refractivity contribution >= 4 is 27.3 Å². The minimum Gasteiger partial charge on any atom is -0.328 e. The smallest absolute Gasteiger partial charge is 0.328 e. The molecule has 0 spiro atoms. The molecule has 0 aromatic carbocycles. The molecule has 9 heavy (non-hydrogen) atoms. The molecule has 0 aliphatic rings. The molecule has 0 unspecified atom stereocenters. The van der Waals surface area contributed by atoms with E-state index in [9.17, 15) is 0 Å². The van der Waals surface area contributed by atoms with Gasteiger partial charge in [0.15, 0.2) is 0 Å². The van der Waals surface area contributed by atoms with Gasteiger partial charge < -0.3 is 10.4 Å². The Morgan fingerprint density at radius 2 is 1.00 bits per heavy atom. The van der Waals surface area contributed by atoms with Gasteiger partial charge in [0.25, 0.3) is 10.2 Å². The molecular weight excluding hydrogens is 331 g/mol. The van der Waals surface area contributed by atoms with Gasteiger partial charge in [-0.3, -0.25) is 0 Å². The van der Waals surface area contributed by atoms with Crippen LogP contribution in [0.5, 0.6) is 0 Å². The van der Waals surface area contributed by atoms with Gasteiger partial charge in [-0.15, -0.1) is 20.2 Å². The van der Waals surface area contributed by atoms with Gasteiger partial charge in [0, 0.05) is 0 Å². The van der Waals surface area contributed by atoms with Gasteiger partial charge in [0.05, 0.1) is 0 Å². The molecule has 0 amide bonds. The number of hydrogen-bond acceptors (Lipinski definition) is 4. The first kappa shape index (κ1) is 15.8. The van der Waals surface area contributed by atoms with Crippen LogP contribution in [-0.2, 0) is 0 Å². The second-order valence-electron chi connectivity index (χ2n) is 0.476. The fourth-order valence-corrected chi connectivity index (χ4v) is 0. The van der Waals surface area contributed by atoms with Crippen molar-refractivity contribution in [1.82, 2.24) is 0 Å². The fourth-order valence-electron chi connectivity index (χ4n) is 0. The van der Waals surface area contributed by atoms with Crippen LogP contribution >= 0.6 is 0 Å². The van der Waals surface area contributed by atoms with Crippen LogP contribution in [0.25, 0.3) is 0 Å². The van der Waals surface area contributed by atoms with Crippen molar-refractivity contribution in [1.29, 1.82) is 0 Å². The summed E-state index contributed by atoms with van der Waals surface area (Å²) in [6.45, 7) is 0. The predicted molar refractivity (Wildman–Crippen MR) is 23.3 cm³/mol. The summed E-state index contributed by atoms with van der Waals surface area (Å²) in [6.07, 6.45) is 0. The molecule has 2 N–H and O–H groups in total. The summed E-state index contributed by atoms with van der Waals surface area (Å²) in [6, 6.07) is 0. The maximum atomic E-state index is 8.36. The van der Waals surface area contributed by atoms with E-state index in [2.05, 4.69) is 0 Å². The van der Waals surface area contributed by atoms with Crippen LogP contribution < -0.4 is 0 Å². The topological polar surface area (TPSA) is 127 Å². The van der Waals surface area contributed by atoms with E-state index >= 15 is 0 Å². The molecule has 0 saturated heterocycles. The molecule has 2 radical (unpaired) electrons. The second kappa shape index (κ2) is 10.3. The van der Waals surface area contributed by atoms with Crippen molar-refractivity contribution in [2.45, 2.75) is 0 Å². The van der Waals surface area contributed by atoms with E-state index in [-0.39, 0.29) is 27.3 Å². The summed E-state index contributed by atoms with van der Waals surface area (Å²) >= 11 is 0. The van der Waals surface area contributed by atoms with Crippen LogP contribution in [-0.4, -0.2) is 47.9 Å². The molecule has 0 bridgehead atoms. The Labute approximate surface area is 68.5 Å². The Bertz CT molecular complexity index is 69.1. The normalized spacial score (nSPS) is 5.33.